The fraction of sp³-hybridized carbons (Fsp3) is 0.278. The van der Waals surface area contributed by atoms with E-state index in [-0.39, 0.29) is 5.78 Å². The van der Waals surface area contributed by atoms with E-state index < -0.39 is 0 Å². The normalized spacial score (nSPS) is 13.3. The molecule has 21 heavy (non-hydrogen) atoms. The number of hydrogen-bond acceptors (Lipinski definition) is 2. The average molecular weight is 345 g/mol. The van der Waals surface area contributed by atoms with Gasteiger partial charge in [0, 0.05) is 10.0 Å². The number of benzene rings is 2. The van der Waals surface area contributed by atoms with E-state index in [0.29, 0.717) is 13.2 Å². The van der Waals surface area contributed by atoms with Crippen molar-refractivity contribution in [1.82, 2.24) is 0 Å². The molecule has 0 aromatic heterocycles. The Morgan fingerprint density at radius 2 is 1.71 bits per heavy atom. The molecule has 0 atom stereocenters. The van der Waals surface area contributed by atoms with Gasteiger partial charge in [0.05, 0.1) is 13.2 Å². The number of hydrogen-bond donors (Lipinski definition) is 0. The highest BCUT2D eigenvalue weighted by atomic mass is 79.9. The topological polar surface area (TPSA) is 26.3 Å². The number of ether oxygens (including phenoxy) is 1. The Bertz CT molecular complexity index is 747. The third kappa shape index (κ3) is 2.25. The van der Waals surface area contributed by atoms with Crippen molar-refractivity contribution in [3.63, 3.8) is 0 Å². The lowest BCUT2D eigenvalue weighted by molar-refractivity contribution is 0.101. The first kappa shape index (κ1) is 14.5. The lowest BCUT2D eigenvalue weighted by Crippen LogP contribution is -2.07. The van der Waals surface area contributed by atoms with E-state index in [4.69, 9.17) is 4.74 Å². The molecule has 0 radical (unpaired) electrons. The molecule has 1 aliphatic rings. The molecule has 0 saturated carbocycles. The van der Waals surface area contributed by atoms with Crippen LogP contribution in [0.25, 0.3) is 11.1 Å². The molecule has 2 aromatic carbocycles. The maximum atomic E-state index is 12.3. The van der Waals surface area contributed by atoms with Gasteiger partial charge in [-0.3, -0.25) is 4.79 Å². The summed E-state index contributed by atoms with van der Waals surface area (Å²) in [6, 6.07) is 8.06. The minimum absolute atomic E-state index is 0.107. The lowest BCUT2D eigenvalue weighted by Gasteiger charge is -2.19. The molecule has 0 fully saturated rings. The first-order valence-corrected chi connectivity index (χ1v) is 7.80. The van der Waals surface area contributed by atoms with E-state index in [0.717, 1.165) is 32.3 Å². The number of carbonyl (C=O) groups excluding carboxylic acids is 1. The van der Waals surface area contributed by atoms with Gasteiger partial charge < -0.3 is 4.74 Å². The SMILES string of the molecule is CC(=O)c1c(C)c2c(c(C)c1-c1ccccc1Br)COC2. The van der Waals surface area contributed by atoms with E-state index in [1.54, 1.807) is 6.92 Å². The van der Waals surface area contributed by atoms with Gasteiger partial charge in [-0.15, -0.1) is 0 Å². The fourth-order valence-electron chi connectivity index (χ4n) is 3.22. The Labute approximate surface area is 133 Å². The van der Waals surface area contributed by atoms with Crippen LogP contribution in [-0.4, -0.2) is 5.78 Å². The summed E-state index contributed by atoms with van der Waals surface area (Å²) in [5.41, 5.74) is 7.58. The van der Waals surface area contributed by atoms with E-state index in [1.165, 1.54) is 11.1 Å². The second-order valence-corrected chi connectivity index (χ2v) is 6.34. The van der Waals surface area contributed by atoms with Crippen LogP contribution in [0.3, 0.4) is 0 Å². The molecule has 0 spiro atoms. The van der Waals surface area contributed by atoms with Crippen molar-refractivity contribution in [2.45, 2.75) is 34.0 Å². The summed E-state index contributed by atoms with van der Waals surface area (Å²) in [6.07, 6.45) is 0. The van der Waals surface area contributed by atoms with Gasteiger partial charge in [0.15, 0.2) is 5.78 Å². The predicted molar refractivity (Wildman–Crippen MR) is 87.5 cm³/mol. The Morgan fingerprint density at radius 1 is 1.10 bits per heavy atom. The van der Waals surface area contributed by atoms with Crippen LogP contribution in [-0.2, 0) is 18.0 Å². The second-order valence-electron chi connectivity index (χ2n) is 5.49. The molecule has 1 heterocycles. The number of carbonyl (C=O) groups is 1. The average Bonchev–Trinajstić information content (AvgIpc) is 2.93. The van der Waals surface area contributed by atoms with Crippen molar-refractivity contribution in [1.29, 1.82) is 0 Å². The predicted octanol–water partition coefficient (Wildman–Crippen LogP) is 4.97. The molecular weight excluding hydrogens is 328 g/mol. The van der Waals surface area contributed by atoms with Gasteiger partial charge in [-0.25, -0.2) is 0 Å². The number of fused-ring (bicyclic) bond motifs is 1. The van der Waals surface area contributed by atoms with E-state index in [9.17, 15) is 4.79 Å². The van der Waals surface area contributed by atoms with Crippen LogP contribution >= 0.6 is 15.9 Å². The lowest BCUT2D eigenvalue weighted by atomic mass is 9.84. The Kier molecular flexibility index (Phi) is 3.72. The molecule has 0 N–H and O–H groups in total. The maximum absolute atomic E-state index is 12.3. The largest absolute Gasteiger partial charge is 0.372 e. The summed E-state index contributed by atoms with van der Waals surface area (Å²) < 4.78 is 6.62. The summed E-state index contributed by atoms with van der Waals surface area (Å²) in [5.74, 6) is 0.107. The van der Waals surface area contributed by atoms with Gasteiger partial charge in [0.1, 0.15) is 0 Å². The summed E-state index contributed by atoms with van der Waals surface area (Å²) >= 11 is 3.61. The van der Waals surface area contributed by atoms with Crippen LogP contribution < -0.4 is 0 Å². The first-order chi connectivity index (χ1) is 10.0. The Morgan fingerprint density at radius 3 is 2.33 bits per heavy atom. The highest BCUT2D eigenvalue weighted by molar-refractivity contribution is 9.10. The molecule has 0 aliphatic carbocycles. The smallest absolute Gasteiger partial charge is 0.160 e. The van der Waals surface area contributed by atoms with E-state index >= 15 is 0 Å². The van der Waals surface area contributed by atoms with Crippen LogP contribution in [0.5, 0.6) is 0 Å². The minimum atomic E-state index is 0.107. The van der Waals surface area contributed by atoms with Crippen molar-refractivity contribution < 1.29 is 9.53 Å². The third-order valence-corrected chi connectivity index (χ3v) is 4.95. The van der Waals surface area contributed by atoms with Gasteiger partial charge >= 0.3 is 0 Å². The minimum Gasteiger partial charge on any atom is -0.372 e. The first-order valence-electron chi connectivity index (χ1n) is 7.00. The standard InChI is InChI=1S/C18H17BrO2/c1-10-14-8-21-9-15(14)11(2)18(17(10)12(3)20)13-6-4-5-7-16(13)19/h4-7H,8-9H2,1-3H3. The maximum Gasteiger partial charge on any atom is 0.160 e. The zero-order chi connectivity index (χ0) is 15.1. The zero-order valence-corrected chi connectivity index (χ0v) is 14.0. The molecule has 2 nitrogen and oxygen atoms in total. The number of ketones is 1. The van der Waals surface area contributed by atoms with Crippen LogP contribution in [0.4, 0.5) is 0 Å². The Balaban J connectivity index is 2.42. The van der Waals surface area contributed by atoms with E-state index in [1.807, 2.05) is 25.1 Å². The summed E-state index contributed by atoms with van der Waals surface area (Å²) in [5, 5.41) is 0. The molecule has 2 aromatic rings. The monoisotopic (exact) mass is 344 g/mol. The summed E-state index contributed by atoms with van der Waals surface area (Å²) in [4.78, 5) is 12.3. The summed E-state index contributed by atoms with van der Waals surface area (Å²) in [7, 11) is 0. The molecule has 0 bridgehead atoms. The number of halogens is 1. The molecule has 1 aliphatic heterocycles. The molecule has 0 unspecified atom stereocenters. The summed E-state index contributed by atoms with van der Waals surface area (Å²) in [6.45, 7) is 7.01. The number of rotatable bonds is 2. The van der Waals surface area contributed by atoms with Crippen LogP contribution in [0, 0.1) is 13.8 Å². The van der Waals surface area contributed by atoms with Gasteiger partial charge in [-0.05, 0) is 60.2 Å². The second kappa shape index (κ2) is 5.39. The van der Waals surface area contributed by atoms with Crippen molar-refractivity contribution in [2.75, 3.05) is 0 Å². The fourth-order valence-corrected chi connectivity index (χ4v) is 3.70. The number of Topliss-reactive ketones (excluding diaryl/α,β-unsaturated/α-hetero) is 1. The van der Waals surface area contributed by atoms with Crippen LogP contribution in [0.15, 0.2) is 28.7 Å². The molecule has 0 amide bonds. The highest BCUT2D eigenvalue weighted by Gasteiger charge is 2.26. The molecule has 3 rings (SSSR count). The van der Waals surface area contributed by atoms with Crippen molar-refractivity contribution in [2.24, 2.45) is 0 Å². The Hall–Kier alpha value is -1.45. The molecule has 3 heteroatoms. The third-order valence-electron chi connectivity index (χ3n) is 4.26. The van der Waals surface area contributed by atoms with Gasteiger partial charge in [-0.2, -0.15) is 0 Å². The highest BCUT2D eigenvalue weighted by Crippen LogP contribution is 2.40. The van der Waals surface area contributed by atoms with Crippen molar-refractivity contribution in [3.05, 3.63) is 56.6 Å². The molecule has 0 saturated heterocycles. The quantitative estimate of drug-likeness (QED) is 0.719. The van der Waals surface area contributed by atoms with E-state index in [2.05, 4.69) is 28.9 Å². The van der Waals surface area contributed by atoms with Crippen LogP contribution in [0.1, 0.15) is 39.5 Å². The van der Waals surface area contributed by atoms with Gasteiger partial charge in [0.25, 0.3) is 0 Å². The van der Waals surface area contributed by atoms with Crippen molar-refractivity contribution >= 4 is 21.7 Å². The van der Waals surface area contributed by atoms with Gasteiger partial charge in [0.2, 0.25) is 0 Å². The van der Waals surface area contributed by atoms with Crippen LogP contribution in [0.2, 0.25) is 0 Å². The zero-order valence-electron chi connectivity index (χ0n) is 12.4. The van der Waals surface area contributed by atoms with Gasteiger partial charge in [-0.1, -0.05) is 34.1 Å². The molecule has 108 valence electrons. The van der Waals surface area contributed by atoms with Crippen molar-refractivity contribution in [3.8, 4) is 11.1 Å². The molecular formula is C18H17BrO2.